The highest BCUT2D eigenvalue weighted by Crippen LogP contribution is 2.32. The van der Waals surface area contributed by atoms with Crippen LogP contribution in [0.25, 0.3) is 11.0 Å². The quantitative estimate of drug-likeness (QED) is 0.227. The molecule has 3 aromatic carbocycles. The number of rotatable bonds is 11. The van der Waals surface area contributed by atoms with Crippen LogP contribution in [0.1, 0.15) is 23.2 Å². The standard InChI is InChI=1S/C29H30ClN5O5S/c1-39-21-11-12-23(30)26(19-21)33-28-29(32-25-9-3-2-8-24(25)31-28)34-41(37,38)22-7-4-6-20(18-22)27(36)10-5-13-35-14-16-40-17-15-35/h2-4,6-9,11-12,18-19H,5,10,13-17H2,1H3,(H,31,33)(H,32,34). The zero-order valence-corrected chi connectivity index (χ0v) is 24.0. The molecule has 0 saturated carbocycles. The van der Waals surface area contributed by atoms with Crippen molar-refractivity contribution >= 4 is 55.8 Å². The fourth-order valence-electron chi connectivity index (χ4n) is 4.47. The predicted molar refractivity (Wildman–Crippen MR) is 159 cm³/mol. The highest BCUT2D eigenvalue weighted by Gasteiger charge is 2.21. The molecular weight excluding hydrogens is 566 g/mol. The number of nitrogens with zero attached hydrogens (tertiary/aromatic N) is 3. The number of anilines is 3. The van der Waals surface area contributed by atoms with E-state index in [-0.39, 0.29) is 22.3 Å². The average molecular weight is 596 g/mol. The summed E-state index contributed by atoms with van der Waals surface area (Å²) in [5.74, 6) is 0.567. The number of hydrogen-bond acceptors (Lipinski definition) is 9. The lowest BCUT2D eigenvalue weighted by atomic mass is 10.1. The summed E-state index contributed by atoms with van der Waals surface area (Å²) in [4.78, 5) is 24.2. The normalized spacial score (nSPS) is 14.1. The minimum absolute atomic E-state index is 0.0233. The number of ether oxygens (including phenoxy) is 2. The van der Waals surface area contributed by atoms with Crippen LogP contribution < -0.4 is 14.8 Å². The predicted octanol–water partition coefficient (Wildman–Crippen LogP) is 5.13. The molecule has 4 aromatic rings. The molecule has 5 rings (SSSR count). The van der Waals surface area contributed by atoms with Crippen LogP contribution in [0.15, 0.2) is 71.6 Å². The van der Waals surface area contributed by atoms with E-state index in [9.17, 15) is 13.2 Å². The zero-order chi connectivity index (χ0) is 28.8. The van der Waals surface area contributed by atoms with Crippen molar-refractivity contribution < 1.29 is 22.7 Å². The highest BCUT2D eigenvalue weighted by atomic mass is 35.5. The van der Waals surface area contributed by atoms with Gasteiger partial charge in [0.1, 0.15) is 5.75 Å². The number of ketones is 1. The number of morpholine rings is 1. The molecule has 12 heteroatoms. The molecule has 0 radical (unpaired) electrons. The number of aromatic nitrogens is 2. The van der Waals surface area contributed by atoms with E-state index >= 15 is 0 Å². The molecule has 1 fully saturated rings. The zero-order valence-electron chi connectivity index (χ0n) is 22.5. The summed E-state index contributed by atoms with van der Waals surface area (Å²) < 4.78 is 40.2. The van der Waals surface area contributed by atoms with Gasteiger partial charge in [0.2, 0.25) is 0 Å². The number of fused-ring (bicyclic) bond motifs is 1. The van der Waals surface area contributed by atoms with Crippen LogP contribution in [0.3, 0.4) is 0 Å². The number of para-hydroxylation sites is 2. The third kappa shape index (κ3) is 7.12. The van der Waals surface area contributed by atoms with Gasteiger partial charge < -0.3 is 14.8 Å². The lowest BCUT2D eigenvalue weighted by Crippen LogP contribution is -2.36. The number of halogens is 1. The van der Waals surface area contributed by atoms with Gasteiger partial charge in [-0.2, -0.15) is 0 Å². The molecule has 0 aliphatic carbocycles. The van der Waals surface area contributed by atoms with Gasteiger partial charge in [-0.3, -0.25) is 14.4 Å². The second-order valence-corrected chi connectivity index (χ2v) is 11.6. The van der Waals surface area contributed by atoms with Gasteiger partial charge in [-0.05, 0) is 49.4 Å². The van der Waals surface area contributed by atoms with E-state index < -0.39 is 10.0 Å². The molecule has 1 aliphatic heterocycles. The summed E-state index contributed by atoms with van der Waals surface area (Å²) in [6.45, 7) is 3.90. The number of benzene rings is 3. The second-order valence-electron chi connectivity index (χ2n) is 9.49. The number of carbonyl (C=O) groups excluding carboxylic acids is 1. The summed E-state index contributed by atoms with van der Waals surface area (Å²) in [7, 11) is -2.60. The van der Waals surface area contributed by atoms with Gasteiger partial charge in [-0.1, -0.05) is 35.9 Å². The van der Waals surface area contributed by atoms with Crippen LogP contribution in [0.5, 0.6) is 5.75 Å². The molecular formula is C29H30ClN5O5S. The van der Waals surface area contributed by atoms with Crippen molar-refractivity contribution in [1.29, 1.82) is 0 Å². The van der Waals surface area contributed by atoms with Crippen LogP contribution >= 0.6 is 11.6 Å². The summed E-state index contributed by atoms with van der Waals surface area (Å²) in [5, 5.41) is 3.47. The topological polar surface area (TPSA) is 123 Å². The Morgan fingerprint density at radius 2 is 1.73 bits per heavy atom. The molecule has 0 spiro atoms. The molecule has 0 atom stereocenters. The third-order valence-electron chi connectivity index (χ3n) is 6.68. The van der Waals surface area contributed by atoms with E-state index in [0.29, 0.717) is 59.1 Å². The first-order valence-electron chi connectivity index (χ1n) is 13.2. The molecule has 2 heterocycles. The maximum atomic E-state index is 13.5. The van der Waals surface area contributed by atoms with Gasteiger partial charge in [0.05, 0.1) is 47.0 Å². The molecule has 1 saturated heterocycles. The number of carbonyl (C=O) groups is 1. The first kappa shape index (κ1) is 28.7. The minimum Gasteiger partial charge on any atom is -0.497 e. The molecule has 2 N–H and O–H groups in total. The van der Waals surface area contributed by atoms with Gasteiger partial charge in [-0.15, -0.1) is 0 Å². The van der Waals surface area contributed by atoms with Crippen molar-refractivity contribution in [2.24, 2.45) is 0 Å². The lowest BCUT2D eigenvalue weighted by Gasteiger charge is -2.26. The molecule has 0 unspecified atom stereocenters. The monoisotopic (exact) mass is 595 g/mol. The van der Waals surface area contributed by atoms with E-state index in [1.54, 1.807) is 48.5 Å². The van der Waals surface area contributed by atoms with Crippen molar-refractivity contribution in [3.63, 3.8) is 0 Å². The number of Topliss-reactive ketones (excluding diaryl/α,β-unsaturated/α-hetero) is 1. The van der Waals surface area contributed by atoms with E-state index in [2.05, 4.69) is 24.9 Å². The smallest absolute Gasteiger partial charge is 0.263 e. The van der Waals surface area contributed by atoms with Crippen LogP contribution in [-0.2, 0) is 14.8 Å². The fraction of sp³-hybridized carbons (Fsp3) is 0.276. The number of methoxy groups -OCH3 is 1. The fourth-order valence-corrected chi connectivity index (χ4v) is 5.69. The third-order valence-corrected chi connectivity index (χ3v) is 8.34. The Bertz CT molecular complexity index is 1660. The SMILES string of the molecule is COc1ccc(Cl)c(Nc2nc3ccccc3nc2NS(=O)(=O)c2cccc(C(=O)CCCN3CCOCC3)c2)c1. The van der Waals surface area contributed by atoms with Crippen LogP contribution in [0.2, 0.25) is 5.02 Å². The largest absolute Gasteiger partial charge is 0.497 e. The maximum absolute atomic E-state index is 13.5. The summed E-state index contributed by atoms with van der Waals surface area (Å²) in [6.07, 6.45) is 1.00. The average Bonchev–Trinajstić information content (AvgIpc) is 2.99. The van der Waals surface area contributed by atoms with Gasteiger partial charge in [0.15, 0.2) is 17.4 Å². The van der Waals surface area contributed by atoms with E-state index in [4.69, 9.17) is 21.1 Å². The Morgan fingerprint density at radius 1 is 1.00 bits per heavy atom. The lowest BCUT2D eigenvalue weighted by molar-refractivity contribution is 0.0371. The van der Waals surface area contributed by atoms with Crippen molar-refractivity contribution in [3.8, 4) is 5.75 Å². The Kier molecular flexibility index (Phi) is 8.99. The van der Waals surface area contributed by atoms with Crippen LogP contribution in [0.4, 0.5) is 17.3 Å². The number of sulfonamides is 1. The molecule has 214 valence electrons. The van der Waals surface area contributed by atoms with Crippen molar-refractivity contribution in [3.05, 3.63) is 77.3 Å². The summed E-state index contributed by atoms with van der Waals surface area (Å²) in [5.41, 5.74) is 1.85. The first-order valence-corrected chi connectivity index (χ1v) is 15.0. The van der Waals surface area contributed by atoms with Gasteiger partial charge >= 0.3 is 0 Å². The van der Waals surface area contributed by atoms with Crippen LogP contribution in [-0.4, -0.2) is 69.0 Å². The van der Waals surface area contributed by atoms with Crippen molar-refractivity contribution in [2.75, 3.05) is 50.0 Å². The summed E-state index contributed by atoms with van der Waals surface area (Å²) >= 11 is 6.38. The molecule has 1 aromatic heterocycles. The van der Waals surface area contributed by atoms with Gasteiger partial charge in [0, 0.05) is 31.1 Å². The van der Waals surface area contributed by atoms with Crippen LogP contribution in [0, 0.1) is 0 Å². The highest BCUT2D eigenvalue weighted by molar-refractivity contribution is 7.92. The van der Waals surface area contributed by atoms with Gasteiger partial charge in [-0.25, -0.2) is 18.4 Å². The minimum atomic E-state index is -4.14. The maximum Gasteiger partial charge on any atom is 0.263 e. The molecule has 41 heavy (non-hydrogen) atoms. The first-order chi connectivity index (χ1) is 19.8. The second kappa shape index (κ2) is 12.8. The van der Waals surface area contributed by atoms with E-state index in [0.717, 1.165) is 19.6 Å². The van der Waals surface area contributed by atoms with E-state index in [1.165, 1.54) is 19.2 Å². The molecule has 0 bridgehead atoms. The molecule has 0 amide bonds. The number of hydrogen-bond donors (Lipinski definition) is 2. The van der Waals surface area contributed by atoms with Crippen molar-refractivity contribution in [1.82, 2.24) is 14.9 Å². The molecule has 1 aliphatic rings. The molecule has 10 nitrogen and oxygen atoms in total. The summed E-state index contributed by atoms with van der Waals surface area (Å²) in [6, 6.07) is 18.2. The van der Waals surface area contributed by atoms with E-state index in [1.807, 2.05) is 6.07 Å². The Labute approximate surface area is 243 Å². The van der Waals surface area contributed by atoms with Crippen molar-refractivity contribution in [2.45, 2.75) is 17.7 Å². The number of nitrogens with one attached hydrogen (secondary N) is 2. The Morgan fingerprint density at radius 3 is 2.46 bits per heavy atom. The van der Waals surface area contributed by atoms with Gasteiger partial charge in [0.25, 0.3) is 10.0 Å². The Hall–Kier alpha value is -3.77. The Balaban J connectivity index is 1.38.